The second-order valence-electron chi connectivity index (χ2n) is 8.34. The first-order valence-corrected chi connectivity index (χ1v) is 11.0. The van der Waals surface area contributed by atoms with Crippen molar-refractivity contribution >= 4 is 23.5 Å². The van der Waals surface area contributed by atoms with Gasteiger partial charge in [-0.15, -0.1) is 0 Å². The quantitative estimate of drug-likeness (QED) is 0.325. The maximum absolute atomic E-state index is 12.9. The average molecular weight is 425 g/mol. The Hall–Kier alpha value is -3.73. The van der Waals surface area contributed by atoms with Crippen molar-refractivity contribution < 1.29 is 19.1 Å². The minimum absolute atomic E-state index is 0.151. The third kappa shape index (κ3) is 3.71. The minimum Gasteiger partial charge on any atom is -0.423 e. The zero-order chi connectivity index (χ0) is 22.1. The van der Waals surface area contributed by atoms with Gasteiger partial charge in [-0.2, -0.15) is 0 Å². The van der Waals surface area contributed by atoms with Gasteiger partial charge in [0.05, 0.1) is 23.1 Å². The second-order valence-corrected chi connectivity index (χ2v) is 8.34. The molecule has 1 aliphatic heterocycles. The number of amides is 2. The summed E-state index contributed by atoms with van der Waals surface area (Å²) in [7, 11) is 0. The van der Waals surface area contributed by atoms with Crippen LogP contribution in [0.25, 0.3) is 11.1 Å². The molecule has 0 N–H and O–H groups in total. The van der Waals surface area contributed by atoms with Gasteiger partial charge in [-0.05, 0) is 54.3 Å². The number of imide groups is 1. The fraction of sp³-hybridized carbons (Fsp3) is 0.222. The molecule has 0 radical (unpaired) electrons. The highest BCUT2D eigenvalue weighted by atomic mass is 16.5. The van der Waals surface area contributed by atoms with Crippen LogP contribution in [-0.4, -0.2) is 17.8 Å². The molecule has 0 aromatic heterocycles. The lowest BCUT2D eigenvalue weighted by Crippen LogP contribution is -2.31. The van der Waals surface area contributed by atoms with Gasteiger partial charge in [-0.3, -0.25) is 14.5 Å². The van der Waals surface area contributed by atoms with Gasteiger partial charge >= 0.3 is 5.97 Å². The van der Waals surface area contributed by atoms with Crippen LogP contribution in [0.4, 0.5) is 5.69 Å². The van der Waals surface area contributed by atoms with Gasteiger partial charge < -0.3 is 4.74 Å². The molecular weight excluding hydrogens is 402 g/mol. The molecule has 2 unspecified atom stereocenters. The van der Waals surface area contributed by atoms with Crippen molar-refractivity contribution in [1.29, 1.82) is 0 Å². The number of rotatable bonds is 4. The summed E-state index contributed by atoms with van der Waals surface area (Å²) in [6.07, 6.45) is 3.46. The zero-order valence-electron chi connectivity index (χ0n) is 17.6. The van der Waals surface area contributed by atoms with E-state index in [1.54, 1.807) is 36.4 Å². The molecule has 1 saturated carbocycles. The van der Waals surface area contributed by atoms with Crippen LogP contribution in [0.1, 0.15) is 36.0 Å². The van der Waals surface area contributed by atoms with Crippen LogP contribution >= 0.6 is 0 Å². The molecule has 32 heavy (non-hydrogen) atoms. The Labute approximate surface area is 186 Å². The van der Waals surface area contributed by atoms with E-state index in [9.17, 15) is 14.4 Å². The molecule has 2 amide bonds. The Kier molecular flexibility index (Phi) is 5.31. The first-order chi connectivity index (χ1) is 15.6. The first-order valence-electron chi connectivity index (χ1n) is 11.0. The number of hydrogen-bond donors (Lipinski definition) is 0. The van der Waals surface area contributed by atoms with Gasteiger partial charge in [0.25, 0.3) is 0 Å². The molecule has 160 valence electrons. The number of ether oxygens (including phenoxy) is 1. The number of carbonyl (C=O) groups excluding carboxylic acids is 3. The topological polar surface area (TPSA) is 63.7 Å². The largest absolute Gasteiger partial charge is 0.423 e. The fourth-order valence-corrected chi connectivity index (χ4v) is 4.70. The summed E-state index contributed by atoms with van der Waals surface area (Å²) in [6, 6.07) is 23.8. The van der Waals surface area contributed by atoms with Crippen LogP contribution in [0.15, 0.2) is 78.9 Å². The summed E-state index contributed by atoms with van der Waals surface area (Å²) >= 11 is 0. The second kappa shape index (κ2) is 8.42. The van der Waals surface area contributed by atoms with E-state index in [4.69, 9.17) is 4.74 Å². The smallest absolute Gasteiger partial charge is 0.343 e. The van der Waals surface area contributed by atoms with Crippen LogP contribution < -0.4 is 9.64 Å². The van der Waals surface area contributed by atoms with E-state index in [1.807, 2.05) is 42.5 Å². The molecule has 0 spiro atoms. The molecule has 5 heteroatoms. The van der Waals surface area contributed by atoms with Crippen LogP contribution in [-0.2, 0) is 9.59 Å². The van der Waals surface area contributed by atoms with Crippen LogP contribution in [0.5, 0.6) is 5.75 Å². The van der Waals surface area contributed by atoms with Gasteiger partial charge in [0.15, 0.2) is 0 Å². The Bertz CT molecular complexity index is 1150. The molecule has 3 aromatic rings. The Morgan fingerprint density at radius 3 is 2.03 bits per heavy atom. The normalized spacial score (nSPS) is 20.2. The van der Waals surface area contributed by atoms with E-state index in [0.29, 0.717) is 17.0 Å². The number of hydrogen-bond acceptors (Lipinski definition) is 4. The third-order valence-corrected chi connectivity index (χ3v) is 6.35. The highest BCUT2D eigenvalue weighted by Crippen LogP contribution is 2.40. The number of carbonyl (C=O) groups is 3. The van der Waals surface area contributed by atoms with Crippen molar-refractivity contribution in [3.8, 4) is 16.9 Å². The number of esters is 1. The molecular formula is C27H23NO4. The zero-order valence-corrected chi connectivity index (χ0v) is 17.6. The lowest BCUT2D eigenvalue weighted by molar-refractivity contribution is -0.122. The molecule has 0 bridgehead atoms. The summed E-state index contributed by atoms with van der Waals surface area (Å²) in [6.45, 7) is 0. The molecule has 2 aliphatic rings. The van der Waals surface area contributed by atoms with Crippen LogP contribution in [0.3, 0.4) is 0 Å². The highest BCUT2D eigenvalue weighted by molar-refractivity contribution is 6.22. The van der Waals surface area contributed by atoms with E-state index in [0.717, 1.165) is 36.8 Å². The summed E-state index contributed by atoms with van der Waals surface area (Å²) in [5.41, 5.74) is 2.84. The van der Waals surface area contributed by atoms with Crippen molar-refractivity contribution in [3.63, 3.8) is 0 Å². The Morgan fingerprint density at radius 2 is 1.38 bits per heavy atom. The number of anilines is 1. The summed E-state index contributed by atoms with van der Waals surface area (Å²) in [5, 5.41) is 0. The molecule has 1 aliphatic carbocycles. The molecule has 2 fully saturated rings. The number of nitrogens with zero attached hydrogens (tertiary/aromatic N) is 1. The molecule has 3 aromatic carbocycles. The van der Waals surface area contributed by atoms with Crippen molar-refractivity contribution in [2.75, 3.05) is 4.90 Å². The Balaban J connectivity index is 1.33. The van der Waals surface area contributed by atoms with Crippen molar-refractivity contribution in [2.24, 2.45) is 11.8 Å². The Morgan fingerprint density at radius 1 is 0.750 bits per heavy atom. The van der Waals surface area contributed by atoms with Crippen LogP contribution in [0, 0.1) is 11.8 Å². The molecule has 1 heterocycles. The highest BCUT2D eigenvalue weighted by Gasteiger charge is 2.48. The van der Waals surface area contributed by atoms with E-state index < -0.39 is 5.97 Å². The van der Waals surface area contributed by atoms with E-state index >= 15 is 0 Å². The van der Waals surface area contributed by atoms with Gasteiger partial charge in [-0.1, -0.05) is 61.4 Å². The monoisotopic (exact) mass is 425 g/mol. The van der Waals surface area contributed by atoms with Crippen LogP contribution in [0.2, 0.25) is 0 Å². The fourth-order valence-electron chi connectivity index (χ4n) is 4.70. The van der Waals surface area contributed by atoms with Gasteiger partial charge in [-0.25, -0.2) is 4.79 Å². The predicted octanol–water partition coefficient (Wildman–Crippen LogP) is 5.25. The van der Waals surface area contributed by atoms with Crippen molar-refractivity contribution in [1.82, 2.24) is 0 Å². The maximum Gasteiger partial charge on any atom is 0.343 e. The standard InChI is InChI=1S/C27H23NO4/c29-25-23-11-4-5-12-24(23)26(30)28(25)21-10-6-9-20(17-21)27(31)32-22-15-13-19(14-16-22)18-7-2-1-3-8-18/h1-3,6-10,13-17,23-24H,4-5,11-12H2. The predicted molar refractivity (Wildman–Crippen MR) is 121 cm³/mol. The molecule has 2 atom stereocenters. The lowest BCUT2D eigenvalue weighted by atomic mass is 9.81. The third-order valence-electron chi connectivity index (χ3n) is 6.35. The summed E-state index contributed by atoms with van der Waals surface area (Å²) in [4.78, 5) is 39.7. The van der Waals surface area contributed by atoms with Gasteiger partial charge in [0, 0.05) is 0 Å². The van der Waals surface area contributed by atoms with Crippen molar-refractivity contribution in [3.05, 3.63) is 84.4 Å². The molecule has 5 nitrogen and oxygen atoms in total. The molecule has 1 saturated heterocycles. The van der Waals surface area contributed by atoms with E-state index in [1.165, 1.54) is 4.90 Å². The lowest BCUT2D eigenvalue weighted by Gasteiger charge is -2.19. The van der Waals surface area contributed by atoms with Gasteiger partial charge in [0.2, 0.25) is 11.8 Å². The maximum atomic E-state index is 12.9. The summed E-state index contributed by atoms with van der Waals surface area (Å²) in [5.74, 6) is -0.858. The average Bonchev–Trinajstić information content (AvgIpc) is 3.10. The minimum atomic E-state index is -0.532. The molecule has 5 rings (SSSR count). The summed E-state index contributed by atoms with van der Waals surface area (Å²) < 4.78 is 5.53. The van der Waals surface area contributed by atoms with E-state index in [2.05, 4.69) is 0 Å². The first kappa shape index (κ1) is 20.2. The van der Waals surface area contributed by atoms with Gasteiger partial charge in [0.1, 0.15) is 5.75 Å². The van der Waals surface area contributed by atoms with Crippen molar-refractivity contribution in [2.45, 2.75) is 25.7 Å². The van der Waals surface area contributed by atoms with E-state index in [-0.39, 0.29) is 23.7 Å². The SMILES string of the molecule is O=C(Oc1ccc(-c2ccccc2)cc1)c1cccc(N2C(=O)C3CCCCC3C2=O)c1. The number of fused-ring (bicyclic) bond motifs is 1. The number of benzene rings is 3.